The van der Waals surface area contributed by atoms with Crippen LogP contribution in [0.2, 0.25) is 0 Å². The molecule has 0 saturated heterocycles. The van der Waals surface area contributed by atoms with E-state index in [9.17, 15) is 19.5 Å². The van der Waals surface area contributed by atoms with E-state index in [0.717, 1.165) is 33.4 Å². The van der Waals surface area contributed by atoms with E-state index in [0.29, 0.717) is 48.6 Å². The zero-order chi connectivity index (χ0) is 61.5. The van der Waals surface area contributed by atoms with Crippen molar-refractivity contribution in [2.75, 3.05) is 0 Å². The number of halogens is 1. The molecule has 11 nitrogen and oxygen atoms in total. The summed E-state index contributed by atoms with van der Waals surface area (Å²) >= 11 is 3.41. The summed E-state index contributed by atoms with van der Waals surface area (Å²) in [6.07, 6.45) is 11.4. The molecule has 11 aromatic rings. The smallest absolute Gasteiger partial charge is 0.850 e. The van der Waals surface area contributed by atoms with Gasteiger partial charge < -0.3 is 39.9 Å². The molecule has 8 aromatic carbocycles. The first-order chi connectivity index (χ1) is 41.6. The van der Waals surface area contributed by atoms with E-state index in [4.69, 9.17) is 10.8 Å². The SMILES string of the molecule is CC(C)(C)[O-].Cc1ccccc1CBr.Cc1ccccc1CN(Cc1ccccc1)C(=O)c1ccccc1-n1cccc1.NCc1ccccc1.O=C(NCc1ccccc1)c1ccccc1-n1cccc1.O=C(O)c1ccccc1-n1cccc1.[K+]. The topological polar surface area (TPSA) is 151 Å². The number of alkyl halides is 1. The quantitative estimate of drug-likeness (QED) is 0.0729. The summed E-state index contributed by atoms with van der Waals surface area (Å²) in [4.78, 5) is 38.9. The summed E-state index contributed by atoms with van der Waals surface area (Å²) in [6, 6.07) is 80.5. The first-order valence-electron chi connectivity index (χ1n) is 28.3. The third-order valence-electron chi connectivity index (χ3n) is 13.0. The fourth-order valence-corrected chi connectivity index (χ4v) is 9.18. The molecule has 2 amide bonds. The maximum absolute atomic E-state index is 13.7. The summed E-state index contributed by atoms with van der Waals surface area (Å²) in [5.41, 5.74) is 17.2. The Morgan fingerprint density at radius 3 is 1.22 bits per heavy atom. The number of hydrogen-bond acceptors (Lipinski definition) is 5. The van der Waals surface area contributed by atoms with Gasteiger partial charge in [0, 0.05) is 68.7 Å². The summed E-state index contributed by atoms with van der Waals surface area (Å²) in [5.74, 6) is -0.946. The van der Waals surface area contributed by atoms with Gasteiger partial charge in [0.25, 0.3) is 11.8 Å². The van der Waals surface area contributed by atoms with Gasteiger partial charge in [0.05, 0.1) is 33.8 Å². The van der Waals surface area contributed by atoms with Crippen molar-refractivity contribution in [2.45, 2.75) is 71.7 Å². The second-order valence-electron chi connectivity index (χ2n) is 20.7. The molecule has 3 heterocycles. The number of hydrogen-bond donors (Lipinski definition) is 3. The molecule has 0 saturated carbocycles. The molecule has 0 bridgehead atoms. The zero-order valence-corrected chi connectivity index (χ0v) is 55.2. The Morgan fingerprint density at radius 2 is 0.816 bits per heavy atom. The Hall–Kier alpha value is -7.95. The fourth-order valence-electron chi connectivity index (χ4n) is 8.55. The van der Waals surface area contributed by atoms with Crippen LogP contribution in [-0.4, -0.2) is 47.1 Å². The summed E-state index contributed by atoms with van der Waals surface area (Å²) in [5, 5.41) is 23.0. The number of amides is 2. The molecule has 87 heavy (non-hydrogen) atoms. The molecule has 0 fully saturated rings. The van der Waals surface area contributed by atoms with Gasteiger partial charge in [-0.15, -0.1) is 5.60 Å². The van der Waals surface area contributed by atoms with E-state index >= 15 is 0 Å². The number of carbonyl (C=O) groups excluding carboxylic acids is 2. The van der Waals surface area contributed by atoms with Crippen molar-refractivity contribution < 1.29 is 76.0 Å². The number of nitrogens with zero attached hydrogens (tertiary/aromatic N) is 4. The van der Waals surface area contributed by atoms with Crippen molar-refractivity contribution in [3.05, 3.63) is 342 Å². The monoisotopic (exact) mass is 1250 g/mol. The van der Waals surface area contributed by atoms with Gasteiger partial charge in [-0.05, 0) is 126 Å². The molecule has 0 aliphatic heterocycles. The van der Waals surface area contributed by atoms with Crippen LogP contribution < -0.4 is 67.5 Å². The Kier molecular flexibility index (Phi) is 30.1. The van der Waals surface area contributed by atoms with E-state index < -0.39 is 11.6 Å². The average molecular weight is 1250 g/mol. The minimum Gasteiger partial charge on any atom is -0.850 e. The van der Waals surface area contributed by atoms with Crippen LogP contribution in [0.15, 0.2) is 286 Å². The van der Waals surface area contributed by atoms with Gasteiger partial charge in [0.2, 0.25) is 0 Å². The van der Waals surface area contributed by atoms with Crippen molar-refractivity contribution in [3.8, 4) is 17.1 Å². The summed E-state index contributed by atoms with van der Waals surface area (Å²) in [6.45, 7) is 11.4. The normalized spacial score (nSPS) is 10.2. The summed E-state index contributed by atoms with van der Waals surface area (Å²) < 4.78 is 5.71. The second kappa shape index (κ2) is 37.6. The molecule has 440 valence electrons. The number of carboxylic acids is 1. The van der Waals surface area contributed by atoms with E-state index in [1.54, 1.807) is 43.5 Å². The molecule has 11 rings (SSSR count). The van der Waals surface area contributed by atoms with Crippen LogP contribution in [0, 0.1) is 13.8 Å². The number of carboxylic acid groups (broad SMARTS) is 1. The first-order valence-corrected chi connectivity index (χ1v) is 29.4. The number of carbonyl (C=O) groups is 3. The molecule has 0 unspecified atom stereocenters. The number of aryl methyl sites for hydroxylation is 2. The molecule has 0 aliphatic rings. The van der Waals surface area contributed by atoms with E-state index in [2.05, 4.69) is 83.6 Å². The van der Waals surface area contributed by atoms with Crippen molar-refractivity contribution in [3.63, 3.8) is 0 Å². The Morgan fingerprint density at radius 1 is 0.471 bits per heavy atom. The molecule has 13 heteroatoms. The first kappa shape index (κ1) is 69.8. The minimum absolute atomic E-state index is 0. The van der Waals surface area contributed by atoms with E-state index in [1.165, 1.54) is 22.3 Å². The minimum atomic E-state index is -0.908. The number of aromatic nitrogens is 3. The molecule has 3 aromatic heterocycles. The Balaban J connectivity index is 0.000000208. The summed E-state index contributed by atoms with van der Waals surface area (Å²) in [7, 11) is 0. The number of aromatic carboxylic acids is 1. The van der Waals surface area contributed by atoms with Crippen molar-refractivity contribution in [1.82, 2.24) is 23.9 Å². The third-order valence-corrected chi connectivity index (χ3v) is 13.6. The van der Waals surface area contributed by atoms with Crippen LogP contribution in [0.1, 0.15) is 90.8 Å². The Labute approximate surface area is 564 Å². The van der Waals surface area contributed by atoms with Gasteiger partial charge in [-0.2, -0.15) is 0 Å². The fraction of sp³-hybridized carbons (Fsp3) is 0.149. The molecular formula is C74H76BrKN6O5. The van der Waals surface area contributed by atoms with Gasteiger partial charge in [-0.25, -0.2) is 4.79 Å². The van der Waals surface area contributed by atoms with Crippen LogP contribution in [-0.2, 0) is 31.5 Å². The maximum atomic E-state index is 13.7. The van der Waals surface area contributed by atoms with E-state index in [1.807, 2.05) is 233 Å². The van der Waals surface area contributed by atoms with Gasteiger partial charge in [0.1, 0.15) is 0 Å². The predicted molar refractivity (Wildman–Crippen MR) is 351 cm³/mol. The van der Waals surface area contributed by atoms with Gasteiger partial charge >= 0.3 is 57.4 Å². The van der Waals surface area contributed by atoms with Crippen LogP contribution in [0.5, 0.6) is 0 Å². The number of benzene rings is 8. The molecule has 4 N–H and O–H groups in total. The third kappa shape index (κ3) is 24.0. The molecule has 0 atom stereocenters. The van der Waals surface area contributed by atoms with Crippen LogP contribution >= 0.6 is 15.9 Å². The predicted octanol–water partition coefficient (Wildman–Crippen LogP) is 12.4. The van der Waals surface area contributed by atoms with Crippen LogP contribution in [0.4, 0.5) is 0 Å². The number of para-hydroxylation sites is 3. The van der Waals surface area contributed by atoms with Crippen molar-refractivity contribution >= 4 is 33.7 Å². The average Bonchev–Trinajstić information content (AvgIpc) is 4.23. The number of nitrogens with one attached hydrogen (secondary N) is 1. The molecule has 0 radical (unpaired) electrons. The molecule has 0 aliphatic carbocycles. The van der Waals surface area contributed by atoms with Crippen molar-refractivity contribution in [2.24, 2.45) is 5.73 Å². The van der Waals surface area contributed by atoms with Crippen molar-refractivity contribution in [1.29, 1.82) is 0 Å². The zero-order valence-electron chi connectivity index (χ0n) is 50.5. The van der Waals surface area contributed by atoms with Gasteiger partial charge in [-0.1, -0.05) is 213 Å². The number of rotatable bonds is 14. The van der Waals surface area contributed by atoms with Crippen LogP contribution in [0.25, 0.3) is 17.1 Å². The van der Waals surface area contributed by atoms with E-state index in [-0.39, 0.29) is 63.2 Å². The second-order valence-corrected chi connectivity index (χ2v) is 21.3. The standard InChI is InChI=1S/C26H24N2O.C18H16N2O.C11H9NO2.C8H9Br.C7H9N.C4H9O.K/c1-21-11-5-6-14-23(21)20-28(19-22-12-3-2-4-13-22)26(29)24-15-7-8-16-25(24)27-17-9-10-18-27;21-18(19-14-15-8-2-1-3-9-15)16-10-4-5-11-17(16)20-12-6-7-13-20;13-11(14)9-5-1-2-6-10(9)12-7-3-4-8-12;1-7-4-2-3-5-8(7)6-9;8-6-7-4-2-1-3-5-7;1-4(2,3)5;/h2-18H,19-20H2,1H3;1-13H,14H2,(H,19,21);1-8H,(H,13,14);2-5H,6H2,1H3;1-5H,6,8H2;1-3H3;/q;;;;;-1;+1. The van der Waals surface area contributed by atoms with Crippen LogP contribution in [0.3, 0.4) is 0 Å². The Bertz CT molecular complexity index is 3720. The number of nitrogens with two attached hydrogens (primary N) is 1. The van der Waals surface area contributed by atoms with Gasteiger partial charge in [-0.3, -0.25) is 9.59 Å². The molecular weight excluding hydrogens is 1170 g/mol. The van der Waals surface area contributed by atoms with Gasteiger partial charge in [0.15, 0.2) is 0 Å². The largest absolute Gasteiger partial charge is 1.00 e. The maximum Gasteiger partial charge on any atom is 1.00 e. The molecule has 0 spiro atoms.